The number of fused-ring (bicyclic) bond motifs is 1. The normalized spacial score (nSPS) is 20.3. The van der Waals surface area contributed by atoms with Crippen LogP contribution < -0.4 is 4.90 Å². The summed E-state index contributed by atoms with van der Waals surface area (Å²) in [5.74, 6) is -0.344. The molecule has 2 aliphatic rings. The van der Waals surface area contributed by atoms with Crippen molar-refractivity contribution in [2.45, 2.75) is 31.8 Å². The highest BCUT2D eigenvalue weighted by Crippen LogP contribution is 2.48. The van der Waals surface area contributed by atoms with Gasteiger partial charge in [0.15, 0.2) is 0 Å². The average Bonchev–Trinajstić information content (AvgIpc) is 3.67. The summed E-state index contributed by atoms with van der Waals surface area (Å²) in [5, 5.41) is 11.8. The molecule has 0 amide bonds. The van der Waals surface area contributed by atoms with Crippen LogP contribution in [-0.4, -0.2) is 29.7 Å². The Morgan fingerprint density at radius 3 is 2.63 bits per heavy atom. The van der Waals surface area contributed by atoms with Crippen LogP contribution in [0, 0.1) is 11.8 Å². The van der Waals surface area contributed by atoms with Crippen LogP contribution in [0.1, 0.15) is 36.4 Å². The van der Waals surface area contributed by atoms with E-state index in [2.05, 4.69) is 53.4 Å². The first-order valence-corrected chi connectivity index (χ1v) is 10.6. The summed E-state index contributed by atoms with van der Waals surface area (Å²) in [6.45, 7) is 1.40. The van der Waals surface area contributed by atoms with E-state index in [4.69, 9.17) is 9.72 Å². The van der Waals surface area contributed by atoms with Crippen LogP contribution in [-0.2, 0) is 16.1 Å². The maximum Gasteiger partial charge on any atom is 0.307 e. The van der Waals surface area contributed by atoms with Gasteiger partial charge in [0.25, 0.3) is 0 Å². The van der Waals surface area contributed by atoms with E-state index in [-0.39, 0.29) is 11.8 Å². The van der Waals surface area contributed by atoms with E-state index in [0.717, 1.165) is 29.2 Å². The van der Waals surface area contributed by atoms with Gasteiger partial charge in [-0.3, -0.25) is 9.78 Å². The molecule has 154 valence electrons. The van der Waals surface area contributed by atoms with Crippen molar-refractivity contribution < 1.29 is 14.6 Å². The lowest BCUT2D eigenvalue weighted by Crippen LogP contribution is -2.20. The van der Waals surface area contributed by atoms with E-state index >= 15 is 0 Å². The Morgan fingerprint density at radius 2 is 1.93 bits per heavy atom. The van der Waals surface area contributed by atoms with Crippen LogP contribution in [0.2, 0.25) is 0 Å². The van der Waals surface area contributed by atoms with Gasteiger partial charge in [0, 0.05) is 36.5 Å². The second-order valence-corrected chi connectivity index (χ2v) is 8.54. The minimum Gasteiger partial charge on any atom is -0.481 e. The third-order valence-corrected chi connectivity index (χ3v) is 6.24. The molecule has 0 bridgehead atoms. The van der Waals surface area contributed by atoms with Gasteiger partial charge in [-0.05, 0) is 54.2 Å². The Bertz CT molecular complexity index is 1090. The van der Waals surface area contributed by atoms with Crippen molar-refractivity contribution >= 4 is 28.1 Å². The molecule has 2 saturated carbocycles. The SMILES string of the molecule is COCc1cc(N(CC2CC2)c2ccc3ccccc3c2)cnc1C1CC1C(=O)O. The van der Waals surface area contributed by atoms with Gasteiger partial charge in [-0.1, -0.05) is 30.3 Å². The molecule has 1 aromatic heterocycles. The molecule has 0 aliphatic heterocycles. The number of aromatic nitrogens is 1. The minimum absolute atomic E-state index is 0.000694. The summed E-state index contributed by atoms with van der Waals surface area (Å²) in [6, 6.07) is 17.1. The number of nitrogens with zero attached hydrogens (tertiary/aromatic N) is 2. The number of pyridine rings is 1. The summed E-state index contributed by atoms with van der Waals surface area (Å²) >= 11 is 0. The number of ether oxygens (including phenoxy) is 1. The van der Waals surface area contributed by atoms with Crippen LogP contribution in [0.4, 0.5) is 11.4 Å². The lowest BCUT2D eigenvalue weighted by Gasteiger charge is -2.26. The molecule has 2 atom stereocenters. The molecule has 5 heteroatoms. The molecule has 30 heavy (non-hydrogen) atoms. The third-order valence-electron chi connectivity index (χ3n) is 6.24. The molecule has 0 saturated heterocycles. The summed E-state index contributed by atoms with van der Waals surface area (Å²) < 4.78 is 5.43. The van der Waals surface area contributed by atoms with Crippen molar-refractivity contribution in [1.82, 2.24) is 4.98 Å². The molecule has 2 fully saturated rings. The molecular formula is C25H26N2O3. The minimum atomic E-state index is -0.735. The number of carboxylic acids is 1. The Balaban J connectivity index is 1.52. The second kappa shape index (κ2) is 7.73. The van der Waals surface area contributed by atoms with Gasteiger partial charge in [-0.2, -0.15) is 0 Å². The number of carbonyl (C=O) groups is 1. The fraction of sp³-hybridized carbons (Fsp3) is 0.360. The highest BCUT2D eigenvalue weighted by molar-refractivity contribution is 5.87. The Hall–Kier alpha value is -2.92. The highest BCUT2D eigenvalue weighted by atomic mass is 16.5. The van der Waals surface area contributed by atoms with Crippen LogP contribution in [0.25, 0.3) is 10.8 Å². The zero-order valence-corrected chi connectivity index (χ0v) is 17.1. The number of hydrogen-bond donors (Lipinski definition) is 1. The Labute approximate surface area is 176 Å². The summed E-state index contributed by atoms with van der Waals surface area (Å²) in [5.41, 5.74) is 4.07. The Morgan fingerprint density at radius 1 is 1.13 bits per heavy atom. The molecule has 0 spiro atoms. The van der Waals surface area contributed by atoms with E-state index in [1.165, 1.54) is 23.6 Å². The molecule has 2 unspecified atom stereocenters. The van der Waals surface area contributed by atoms with Gasteiger partial charge in [0.05, 0.1) is 24.4 Å². The Kier molecular flexibility index (Phi) is 4.91. The molecule has 1 heterocycles. The van der Waals surface area contributed by atoms with Crippen molar-refractivity contribution in [3.63, 3.8) is 0 Å². The number of rotatable bonds is 8. The summed E-state index contributed by atoms with van der Waals surface area (Å²) in [4.78, 5) is 18.4. The van der Waals surface area contributed by atoms with Crippen molar-refractivity contribution in [1.29, 1.82) is 0 Å². The first-order valence-electron chi connectivity index (χ1n) is 10.6. The van der Waals surface area contributed by atoms with E-state index in [9.17, 15) is 9.90 Å². The molecular weight excluding hydrogens is 376 g/mol. The van der Waals surface area contributed by atoms with Crippen LogP contribution in [0.15, 0.2) is 54.7 Å². The maximum absolute atomic E-state index is 11.3. The smallest absolute Gasteiger partial charge is 0.307 e. The predicted octanol–water partition coefficient (Wildman–Crippen LogP) is 5.12. The fourth-order valence-electron chi connectivity index (χ4n) is 4.29. The zero-order valence-electron chi connectivity index (χ0n) is 17.1. The number of benzene rings is 2. The quantitative estimate of drug-likeness (QED) is 0.567. The first kappa shape index (κ1) is 19.1. The topological polar surface area (TPSA) is 62.7 Å². The van der Waals surface area contributed by atoms with Gasteiger partial charge in [0.1, 0.15) is 0 Å². The first-order chi connectivity index (χ1) is 14.6. The lowest BCUT2D eigenvalue weighted by molar-refractivity contribution is -0.138. The van der Waals surface area contributed by atoms with Gasteiger partial charge >= 0.3 is 5.97 Å². The van der Waals surface area contributed by atoms with Crippen LogP contribution in [0.5, 0.6) is 0 Å². The maximum atomic E-state index is 11.3. The van der Waals surface area contributed by atoms with Gasteiger partial charge in [-0.25, -0.2) is 0 Å². The predicted molar refractivity (Wildman–Crippen MR) is 117 cm³/mol. The molecule has 5 nitrogen and oxygen atoms in total. The van der Waals surface area contributed by atoms with E-state index in [0.29, 0.717) is 18.9 Å². The van der Waals surface area contributed by atoms with E-state index in [1.807, 2.05) is 6.20 Å². The lowest BCUT2D eigenvalue weighted by atomic mass is 10.1. The fourth-order valence-corrected chi connectivity index (χ4v) is 4.29. The number of methoxy groups -OCH3 is 1. The number of anilines is 2. The van der Waals surface area contributed by atoms with Crippen molar-refractivity contribution in [2.24, 2.45) is 11.8 Å². The van der Waals surface area contributed by atoms with E-state index in [1.54, 1.807) is 7.11 Å². The molecule has 0 radical (unpaired) electrons. The second-order valence-electron chi connectivity index (χ2n) is 8.54. The molecule has 3 aromatic rings. The van der Waals surface area contributed by atoms with Gasteiger partial charge < -0.3 is 14.7 Å². The third kappa shape index (κ3) is 3.77. The highest BCUT2D eigenvalue weighted by Gasteiger charge is 2.46. The molecule has 2 aliphatic carbocycles. The van der Waals surface area contributed by atoms with Crippen LogP contribution >= 0.6 is 0 Å². The standard InChI is InChI=1S/C25H26N2O3/c1-30-15-19-11-21(13-26-24(19)22-12-23(22)25(28)29)27(14-16-6-7-16)20-9-8-17-4-2-3-5-18(17)10-20/h2-5,8-11,13,16,22-23H,6-7,12,14-15H2,1H3,(H,28,29). The summed E-state index contributed by atoms with van der Waals surface area (Å²) in [7, 11) is 1.67. The van der Waals surface area contributed by atoms with Crippen molar-refractivity contribution in [2.75, 3.05) is 18.6 Å². The zero-order chi connectivity index (χ0) is 20.7. The van der Waals surface area contributed by atoms with Crippen LogP contribution in [0.3, 0.4) is 0 Å². The molecule has 1 N–H and O–H groups in total. The monoisotopic (exact) mass is 402 g/mol. The van der Waals surface area contributed by atoms with Crippen molar-refractivity contribution in [3.05, 3.63) is 66.0 Å². The van der Waals surface area contributed by atoms with Gasteiger partial charge in [0.2, 0.25) is 0 Å². The number of carboxylic acid groups (broad SMARTS) is 1. The molecule has 2 aromatic carbocycles. The number of hydrogen-bond acceptors (Lipinski definition) is 4. The average molecular weight is 402 g/mol. The van der Waals surface area contributed by atoms with Crippen molar-refractivity contribution in [3.8, 4) is 0 Å². The largest absolute Gasteiger partial charge is 0.481 e. The summed E-state index contributed by atoms with van der Waals surface area (Å²) in [6.07, 6.45) is 5.10. The molecule has 5 rings (SSSR count). The van der Waals surface area contributed by atoms with E-state index < -0.39 is 5.97 Å². The van der Waals surface area contributed by atoms with Gasteiger partial charge in [-0.15, -0.1) is 0 Å². The number of aliphatic carboxylic acids is 1.